The molecule has 0 bridgehead atoms. The fourth-order valence-electron chi connectivity index (χ4n) is 4.26. The maximum atomic E-state index is 13.0. The molecule has 0 saturated heterocycles. The van der Waals surface area contributed by atoms with E-state index in [0.717, 1.165) is 17.5 Å². The number of aryl methyl sites for hydroxylation is 1. The standard InChI is InChI=1S/C27H28N6O5/c1-4-14-32-25-22(26(34)33(15-5-2)27(32)35)29-23(30-25)17-10-12-18(13-11-17)37-16-21-28-24(31-38-21)19-8-6-7-9-20(19)36-3/h6-13H,4-5,14-16H2,1-3H3,(H,29,30). The van der Waals surface area contributed by atoms with Crippen LogP contribution in [0.15, 0.2) is 62.6 Å². The molecule has 0 spiro atoms. The van der Waals surface area contributed by atoms with E-state index >= 15 is 0 Å². The summed E-state index contributed by atoms with van der Waals surface area (Å²) >= 11 is 0. The van der Waals surface area contributed by atoms with Crippen LogP contribution in [0, 0.1) is 0 Å². The maximum absolute atomic E-state index is 13.0. The SMILES string of the molecule is CCCn1c(=O)c2[nH]c(-c3ccc(OCc4nc(-c5ccccc5OC)no4)cc3)nc2n(CCC)c1=O. The summed E-state index contributed by atoms with van der Waals surface area (Å²) in [6.45, 7) is 4.84. The molecule has 0 saturated carbocycles. The second kappa shape index (κ2) is 10.8. The Bertz CT molecular complexity index is 1680. The Morgan fingerprint density at radius 1 is 0.947 bits per heavy atom. The average molecular weight is 517 g/mol. The molecule has 11 heteroatoms. The Hall–Kier alpha value is -4.67. The van der Waals surface area contributed by atoms with Crippen molar-refractivity contribution in [3.05, 3.63) is 75.3 Å². The van der Waals surface area contributed by atoms with Crippen LogP contribution in [0.1, 0.15) is 32.6 Å². The van der Waals surface area contributed by atoms with Crippen molar-refractivity contribution in [1.29, 1.82) is 0 Å². The summed E-state index contributed by atoms with van der Waals surface area (Å²) in [7, 11) is 1.59. The van der Waals surface area contributed by atoms with E-state index in [1.165, 1.54) is 4.57 Å². The predicted molar refractivity (Wildman–Crippen MR) is 141 cm³/mol. The van der Waals surface area contributed by atoms with Crippen LogP contribution in [0.2, 0.25) is 0 Å². The Balaban J connectivity index is 1.35. The molecule has 0 amide bonds. The minimum absolute atomic E-state index is 0.0897. The lowest BCUT2D eigenvalue weighted by Gasteiger charge is -2.09. The molecule has 0 radical (unpaired) electrons. The Morgan fingerprint density at radius 3 is 2.42 bits per heavy atom. The first-order valence-corrected chi connectivity index (χ1v) is 12.5. The number of fused-ring (bicyclic) bond motifs is 1. The number of hydrogen-bond donors (Lipinski definition) is 1. The summed E-state index contributed by atoms with van der Waals surface area (Å²) in [6.07, 6.45) is 1.43. The van der Waals surface area contributed by atoms with Crippen LogP contribution in [0.3, 0.4) is 0 Å². The number of nitrogens with one attached hydrogen (secondary N) is 1. The van der Waals surface area contributed by atoms with Gasteiger partial charge in [-0.05, 0) is 49.2 Å². The molecular formula is C27H28N6O5. The molecule has 0 aliphatic carbocycles. The van der Waals surface area contributed by atoms with E-state index in [1.54, 1.807) is 23.8 Å². The molecule has 0 unspecified atom stereocenters. The molecular weight excluding hydrogens is 488 g/mol. The van der Waals surface area contributed by atoms with Gasteiger partial charge in [0.05, 0.1) is 12.7 Å². The first kappa shape index (κ1) is 25.0. The third kappa shape index (κ3) is 4.70. The third-order valence-electron chi connectivity index (χ3n) is 6.06. The second-order valence-corrected chi connectivity index (χ2v) is 8.70. The number of rotatable bonds is 10. The molecule has 5 aromatic rings. The number of ether oxygens (including phenoxy) is 2. The van der Waals surface area contributed by atoms with Crippen LogP contribution in [0.4, 0.5) is 0 Å². The predicted octanol–water partition coefficient (Wildman–Crippen LogP) is 4.01. The van der Waals surface area contributed by atoms with Crippen LogP contribution < -0.4 is 20.7 Å². The van der Waals surface area contributed by atoms with Crippen LogP contribution in [-0.2, 0) is 19.7 Å². The molecule has 0 aliphatic heterocycles. The first-order valence-electron chi connectivity index (χ1n) is 12.5. The maximum Gasteiger partial charge on any atom is 0.332 e. The van der Waals surface area contributed by atoms with Gasteiger partial charge in [0.25, 0.3) is 11.4 Å². The zero-order valence-electron chi connectivity index (χ0n) is 21.4. The fourth-order valence-corrected chi connectivity index (χ4v) is 4.26. The lowest BCUT2D eigenvalue weighted by atomic mass is 10.2. The summed E-state index contributed by atoms with van der Waals surface area (Å²) in [4.78, 5) is 38.0. The van der Waals surface area contributed by atoms with Gasteiger partial charge in [-0.15, -0.1) is 0 Å². The minimum atomic E-state index is -0.357. The first-order chi connectivity index (χ1) is 18.5. The van der Waals surface area contributed by atoms with Gasteiger partial charge in [0.2, 0.25) is 5.82 Å². The van der Waals surface area contributed by atoms with Crippen molar-refractivity contribution in [2.75, 3.05) is 7.11 Å². The summed E-state index contributed by atoms with van der Waals surface area (Å²) in [6, 6.07) is 14.7. The molecule has 0 atom stereocenters. The third-order valence-corrected chi connectivity index (χ3v) is 6.06. The van der Waals surface area contributed by atoms with E-state index in [1.807, 2.05) is 50.2 Å². The Kier molecular flexibility index (Phi) is 7.07. The number of aromatic amines is 1. The topological polar surface area (TPSA) is 130 Å². The van der Waals surface area contributed by atoms with Crippen LogP contribution in [-0.4, -0.2) is 36.4 Å². The molecule has 196 valence electrons. The normalized spacial score (nSPS) is 11.2. The minimum Gasteiger partial charge on any atom is -0.496 e. The number of methoxy groups -OCH3 is 1. The number of para-hydroxylation sites is 1. The van der Waals surface area contributed by atoms with Gasteiger partial charge in [-0.1, -0.05) is 31.1 Å². The van der Waals surface area contributed by atoms with Gasteiger partial charge in [0.15, 0.2) is 12.3 Å². The largest absolute Gasteiger partial charge is 0.496 e. The highest BCUT2D eigenvalue weighted by Gasteiger charge is 2.18. The zero-order valence-corrected chi connectivity index (χ0v) is 21.4. The van der Waals surface area contributed by atoms with Crippen molar-refractivity contribution in [3.8, 4) is 34.3 Å². The summed E-state index contributed by atoms with van der Waals surface area (Å²) in [5.41, 5.74) is 1.48. The lowest BCUT2D eigenvalue weighted by molar-refractivity contribution is 0.243. The van der Waals surface area contributed by atoms with Crippen molar-refractivity contribution in [3.63, 3.8) is 0 Å². The molecule has 0 fully saturated rings. The summed E-state index contributed by atoms with van der Waals surface area (Å²) in [5, 5.41) is 4.02. The number of benzene rings is 2. The number of nitrogens with zero attached hydrogens (tertiary/aromatic N) is 5. The summed E-state index contributed by atoms with van der Waals surface area (Å²) in [5.74, 6) is 2.49. The molecule has 1 N–H and O–H groups in total. The molecule has 2 aromatic carbocycles. The smallest absolute Gasteiger partial charge is 0.332 e. The second-order valence-electron chi connectivity index (χ2n) is 8.70. The van der Waals surface area contributed by atoms with Gasteiger partial charge in [0, 0.05) is 18.7 Å². The lowest BCUT2D eigenvalue weighted by Crippen LogP contribution is -2.40. The van der Waals surface area contributed by atoms with Crippen molar-refractivity contribution in [1.82, 2.24) is 29.2 Å². The number of hydrogen-bond acceptors (Lipinski definition) is 8. The molecule has 11 nitrogen and oxygen atoms in total. The van der Waals surface area contributed by atoms with E-state index in [-0.39, 0.29) is 17.9 Å². The molecule has 3 heterocycles. The fraction of sp³-hybridized carbons (Fsp3) is 0.296. The molecule has 5 rings (SSSR count). The number of imidazole rings is 1. The van der Waals surface area contributed by atoms with Gasteiger partial charge in [0.1, 0.15) is 22.8 Å². The Morgan fingerprint density at radius 2 is 1.68 bits per heavy atom. The number of H-pyrrole nitrogens is 1. The highest BCUT2D eigenvalue weighted by molar-refractivity contribution is 5.75. The molecule has 3 aromatic heterocycles. The summed E-state index contributed by atoms with van der Waals surface area (Å²) < 4.78 is 19.3. The van der Waals surface area contributed by atoms with E-state index in [9.17, 15) is 9.59 Å². The van der Waals surface area contributed by atoms with Crippen molar-refractivity contribution < 1.29 is 14.0 Å². The quantitative estimate of drug-likeness (QED) is 0.295. The highest BCUT2D eigenvalue weighted by atomic mass is 16.5. The van der Waals surface area contributed by atoms with E-state index in [2.05, 4.69) is 20.1 Å². The van der Waals surface area contributed by atoms with Crippen molar-refractivity contribution in [2.24, 2.45) is 0 Å². The van der Waals surface area contributed by atoms with E-state index < -0.39 is 0 Å². The van der Waals surface area contributed by atoms with E-state index in [4.69, 9.17) is 14.0 Å². The van der Waals surface area contributed by atoms with E-state index in [0.29, 0.717) is 59.7 Å². The van der Waals surface area contributed by atoms with Crippen LogP contribution in [0.25, 0.3) is 33.9 Å². The molecule has 0 aliphatic rings. The zero-order chi connectivity index (χ0) is 26.6. The van der Waals surface area contributed by atoms with Crippen molar-refractivity contribution in [2.45, 2.75) is 46.4 Å². The van der Waals surface area contributed by atoms with Crippen molar-refractivity contribution >= 4 is 11.2 Å². The van der Waals surface area contributed by atoms with Gasteiger partial charge >= 0.3 is 5.69 Å². The monoisotopic (exact) mass is 516 g/mol. The Labute approximate surface area is 217 Å². The molecule has 38 heavy (non-hydrogen) atoms. The van der Waals surface area contributed by atoms with Crippen LogP contribution >= 0.6 is 0 Å². The van der Waals surface area contributed by atoms with Crippen LogP contribution in [0.5, 0.6) is 11.5 Å². The van der Waals surface area contributed by atoms with Gasteiger partial charge in [-0.3, -0.25) is 13.9 Å². The number of aromatic nitrogens is 6. The van der Waals surface area contributed by atoms with Gasteiger partial charge in [-0.25, -0.2) is 9.78 Å². The highest BCUT2D eigenvalue weighted by Crippen LogP contribution is 2.27. The van der Waals surface area contributed by atoms with Gasteiger partial charge in [-0.2, -0.15) is 4.98 Å². The van der Waals surface area contributed by atoms with Gasteiger partial charge < -0.3 is 19.0 Å². The average Bonchev–Trinajstić information content (AvgIpc) is 3.61.